The third-order valence-electron chi connectivity index (χ3n) is 4.21. The number of fused-ring (bicyclic) bond motifs is 1. The molecule has 0 saturated heterocycles. The average Bonchev–Trinajstić information content (AvgIpc) is 3.17. The minimum Gasteiger partial charge on any atom is -0.493 e. The molecule has 3 rings (SSSR count). The molecule has 0 saturated carbocycles. The number of hydrogen-bond acceptors (Lipinski definition) is 6. The predicted molar refractivity (Wildman–Crippen MR) is 103 cm³/mol. The topological polar surface area (TPSA) is 91.6 Å². The van der Waals surface area contributed by atoms with Gasteiger partial charge in [-0.1, -0.05) is 12.1 Å². The number of amides is 1. The predicted octanol–water partition coefficient (Wildman–Crippen LogP) is 1.10. The van der Waals surface area contributed by atoms with Crippen molar-refractivity contribution in [3.05, 3.63) is 56.0 Å². The molecule has 1 amide bonds. The zero-order valence-electron chi connectivity index (χ0n) is 15.1. The van der Waals surface area contributed by atoms with Crippen LogP contribution in [-0.4, -0.2) is 29.3 Å². The first-order valence-corrected chi connectivity index (χ1v) is 8.99. The lowest BCUT2D eigenvalue weighted by molar-refractivity contribution is -0.121. The summed E-state index contributed by atoms with van der Waals surface area (Å²) in [4.78, 5) is 37.0. The molecule has 0 aliphatic heterocycles. The van der Waals surface area contributed by atoms with Gasteiger partial charge in [-0.05, 0) is 17.5 Å². The van der Waals surface area contributed by atoms with Gasteiger partial charge in [-0.25, -0.2) is 4.79 Å². The molecule has 142 valence electrons. The smallest absolute Gasteiger partial charge is 0.331 e. The van der Waals surface area contributed by atoms with Gasteiger partial charge in [-0.15, -0.1) is 11.3 Å². The largest absolute Gasteiger partial charge is 0.493 e. The second-order valence-corrected chi connectivity index (χ2v) is 6.71. The molecule has 2 aromatic heterocycles. The summed E-state index contributed by atoms with van der Waals surface area (Å²) in [5.41, 5.74) is 0.323. The first-order valence-electron chi connectivity index (χ1n) is 8.11. The lowest BCUT2D eigenvalue weighted by Crippen LogP contribution is -2.40. The molecular formula is C18H19N3O5S. The van der Waals surface area contributed by atoms with Crippen molar-refractivity contribution in [2.24, 2.45) is 7.05 Å². The van der Waals surface area contributed by atoms with Gasteiger partial charge < -0.3 is 14.8 Å². The van der Waals surface area contributed by atoms with Crippen LogP contribution in [0.4, 0.5) is 0 Å². The Morgan fingerprint density at radius 2 is 1.96 bits per heavy atom. The summed E-state index contributed by atoms with van der Waals surface area (Å²) < 4.78 is 13.3. The molecule has 0 radical (unpaired) electrons. The molecule has 0 spiro atoms. The van der Waals surface area contributed by atoms with Gasteiger partial charge in [-0.3, -0.25) is 18.7 Å². The number of ether oxygens (including phenoxy) is 2. The van der Waals surface area contributed by atoms with E-state index in [0.29, 0.717) is 21.7 Å². The molecule has 0 unspecified atom stereocenters. The number of benzene rings is 1. The van der Waals surface area contributed by atoms with Gasteiger partial charge >= 0.3 is 5.69 Å². The SMILES string of the molecule is COc1cccc(CNC(=O)Cn2c(=O)n(C)c(=O)c3sccc32)c1OC. The number of carbonyl (C=O) groups excluding carboxylic acids is 1. The van der Waals surface area contributed by atoms with Crippen molar-refractivity contribution in [1.29, 1.82) is 0 Å². The van der Waals surface area contributed by atoms with Crippen LogP contribution in [0.5, 0.6) is 11.5 Å². The summed E-state index contributed by atoms with van der Waals surface area (Å²) >= 11 is 1.24. The molecule has 0 bridgehead atoms. The lowest BCUT2D eigenvalue weighted by atomic mass is 10.2. The average molecular weight is 389 g/mol. The quantitative estimate of drug-likeness (QED) is 0.682. The van der Waals surface area contributed by atoms with E-state index in [2.05, 4.69) is 5.32 Å². The molecule has 27 heavy (non-hydrogen) atoms. The highest BCUT2D eigenvalue weighted by Gasteiger charge is 2.15. The van der Waals surface area contributed by atoms with Gasteiger partial charge in [-0.2, -0.15) is 0 Å². The highest BCUT2D eigenvalue weighted by molar-refractivity contribution is 7.17. The van der Waals surface area contributed by atoms with Gasteiger partial charge in [0.25, 0.3) is 5.56 Å². The van der Waals surface area contributed by atoms with Crippen LogP contribution in [0.3, 0.4) is 0 Å². The number of rotatable bonds is 6. The summed E-state index contributed by atoms with van der Waals surface area (Å²) in [6.07, 6.45) is 0. The van der Waals surface area contributed by atoms with Crippen molar-refractivity contribution in [1.82, 2.24) is 14.5 Å². The van der Waals surface area contributed by atoms with Crippen LogP contribution in [0.2, 0.25) is 0 Å². The number of nitrogens with zero attached hydrogens (tertiary/aromatic N) is 2. The Hall–Kier alpha value is -3.07. The fraction of sp³-hybridized carbons (Fsp3) is 0.278. The van der Waals surface area contributed by atoms with Crippen molar-refractivity contribution < 1.29 is 14.3 Å². The van der Waals surface area contributed by atoms with E-state index < -0.39 is 5.69 Å². The number of nitrogens with one attached hydrogen (secondary N) is 1. The fourth-order valence-electron chi connectivity index (χ4n) is 2.84. The number of methoxy groups -OCH3 is 2. The van der Waals surface area contributed by atoms with Crippen molar-refractivity contribution in [2.75, 3.05) is 14.2 Å². The van der Waals surface area contributed by atoms with Gasteiger partial charge in [0.2, 0.25) is 5.91 Å². The molecule has 0 aliphatic rings. The van der Waals surface area contributed by atoms with Crippen molar-refractivity contribution >= 4 is 27.5 Å². The first-order chi connectivity index (χ1) is 13.0. The number of hydrogen-bond donors (Lipinski definition) is 1. The Morgan fingerprint density at radius 1 is 1.19 bits per heavy atom. The molecule has 0 atom stereocenters. The fourth-order valence-corrected chi connectivity index (χ4v) is 3.71. The summed E-state index contributed by atoms with van der Waals surface area (Å²) in [5.74, 6) is 0.756. The van der Waals surface area contributed by atoms with Crippen LogP contribution < -0.4 is 26.0 Å². The van der Waals surface area contributed by atoms with Gasteiger partial charge in [0.1, 0.15) is 11.2 Å². The maximum Gasteiger partial charge on any atom is 0.331 e. The van der Waals surface area contributed by atoms with Crippen LogP contribution in [0.25, 0.3) is 10.2 Å². The van der Waals surface area contributed by atoms with E-state index in [-0.39, 0.29) is 24.6 Å². The van der Waals surface area contributed by atoms with E-state index in [0.717, 1.165) is 10.1 Å². The Bertz CT molecular complexity index is 1110. The van der Waals surface area contributed by atoms with E-state index in [1.54, 1.807) is 30.7 Å². The number of para-hydroxylation sites is 1. The number of thiophene rings is 1. The van der Waals surface area contributed by atoms with Crippen molar-refractivity contribution in [3.8, 4) is 11.5 Å². The van der Waals surface area contributed by atoms with Crippen LogP contribution in [0.15, 0.2) is 39.2 Å². The van der Waals surface area contributed by atoms with E-state index >= 15 is 0 Å². The first kappa shape index (κ1) is 18.7. The maximum atomic E-state index is 12.4. The molecule has 2 heterocycles. The minimum absolute atomic E-state index is 0.188. The van der Waals surface area contributed by atoms with E-state index in [1.807, 2.05) is 6.07 Å². The molecule has 1 N–H and O–H groups in total. The van der Waals surface area contributed by atoms with Gasteiger partial charge in [0, 0.05) is 19.2 Å². The van der Waals surface area contributed by atoms with Gasteiger partial charge in [0.15, 0.2) is 11.5 Å². The Morgan fingerprint density at radius 3 is 2.67 bits per heavy atom. The summed E-state index contributed by atoms with van der Waals surface area (Å²) in [5, 5.41) is 4.50. The number of carbonyl (C=O) groups is 1. The van der Waals surface area contributed by atoms with Crippen molar-refractivity contribution in [2.45, 2.75) is 13.1 Å². The Balaban J connectivity index is 1.82. The van der Waals surface area contributed by atoms with E-state index in [9.17, 15) is 14.4 Å². The third kappa shape index (κ3) is 3.45. The van der Waals surface area contributed by atoms with Crippen LogP contribution in [-0.2, 0) is 24.9 Å². The highest BCUT2D eigenvalue weighted by atomic mass is 32.1. The standard InChI is InChI=1S/C18H19N3O5S/c1-20-17(23)16-12(7-8-27-16)21(18(20)24)10-14(22)19-9-11-5-4-6-13(25-2)15(11)26-3/h4-8H,9-10H2,1-3H3,(H,19,22). The molecule has 8 nitrogen and oxygen atoms in total. The second-order valence-electron chi connectivity index (χ2n) is 5.80. The highest BCUT2D eigenvalue weighted by Crippen LogP contribution is 2.30. The molecule has 0 fully saturated rings. The molecule has 3 aromatic rings. The molecule has 1 aromatic carbocycles. The zero-order valence-corrected chi connectivity index (χ0v) is 16.0. The molecular weight excluding hydrogens is 370 g/mol. The van der Waals surface area contributed by atoms with Crippen LogP contribution in [0, 0.1) is 0 Å². The maximum absolute atomic E-state index is 12.4. The molecule has 9 heteroatoms. The van der Waals surface area contributed by atoms with Crippen molar-refractivity contribution in [3.63, 3.8) is 0 Å². The summed E-state index contributed by atoms with van der Waals surface area (Å²) in [6.45, 7) is 0.0268. The molecule has 0 aliphatic carbocycles. The van der Waals surface area contributed by atoms with Gasteiger partial charge in [0.05, 0.1) is 19.7 Å². The monoisotopic (exact) mass is 389 g/mol. The lowest BCUT2D eigenvalue weighted by Gasteiger charge is -2.14. The zero-order chi connectivity index (χ0) is 19.6. The van der Waals surface area contributed by atoms with Crippen LogP contribution in [0.1, 0.15) is 5.56 Å². The van der Waals surface area contributed by atoms with Crippen LogP contribution >= 0.6 is 11.3 Å². The summed E-state index contributed by atoms with van der Waals surface area (Å²) in [7, 11) is 4.47. The minimum atomic E-state index is -0.528. The normalized spacial score (nSPS) is 10.8. The number of aromatic nitrogens is 2. The summed E-state index contributed by atoms with van der Waals surface area (Å²) in [6, 6.07) is 7.05. The second kappa shape index (κ2) is 7.67. The van der Waals surface area contributed by atoms with E-state index in [1.165, 1.54) is 30.1 Å². The van der Waals surface area contributed by atoms with E-state index in [4.69, 9.17) is 9.47 Å². The third-order valence-corrected chi connectivity index (χ3v) is 5.11. The Labute approximate surface area is 158 Å². The Kier molecular flexibility index (Phi) is 5.31.